The van der Waals surface area contributed by atoms with Crippen molar-refractivity contribution in [1.82, 2.24) is 15.0 Å². The van der Waals surface area contributed by atoms with Crippen molar-refractivity contribution in [3.63, 3.8) is 0 Å². The zero-order valence-electron chi connectivity index (χ0n) is 16.4. The fraction of sp³-hybridized carbons (Fsp3) is 0.133. The average molecular weight is 556 g/mol. The lowest BCUT2D eigenvalue weighted by Crippen LogP contribution is -2.16. The first-order chi connectivity index (χ1) is 15.5. The Morgan fingerprint density at radius 1 is 0.824 bits per heavy atom. The van der Waals surface area contributed by atoms with Gasteiger partial charge in [0.25, 0.3) is 30.4 Å². The van der Waals surface area contributed by atoms with Crippen LogP contribution in [0.2, 0.25) is 5.28 Å². The third-order valence-electron chi connectivity index (χ3n) is 4.07. The van der Waals surface area contributed by atoms with E-state index in [0.717, 1.165) is 18.2 Å². The Morgan fingerprint density at radius 3 is 1.94 bits per heavy atom. The molecule has 3 rings (SSSR count). The molecular formula is C15H14ClN5O10S3. The molecule has 2 aromatic carbocycles. The standard InChI is InChI=1S/C15H14ClN5O10S3/c16-13-19-14(17-1-2-32(23,24)25)21-15(20-13)18-10-5-8(33(26,27)28)3-7-4-9(34(29,30)31)6-11(22)12(7)10/h3-6,22H,1-2H2,(H,23,24,25)(H,26,27,28)(H,29,30,31)(H2,17,18,19,20,21). The molecule has 34 heavy (non-hydrogen) atoms. The quantitative estimate of drug-likeness (QED) is 0.211. The second-order valence-corrected chi connectivity index (χ2v) is 11.3. The zero-order chi connectivity index (χ0) is 25.5. The van der Waals surface area contributed by atoms with Gasteiger partial charge in [-0.2, -0.15) is 40.2 Å². The van der Waals surface area contributed by atoms with E-state index in [9.17, 15) is 39.5 Å². The predicted molar refractivity (Wildman–Crippen MR) is 118 cm³/mol. The van der Waals surface area contributed by atoms with Crippen molar-refractivity contribution < 1.29 is 44.0 Å². The summed E-state index contributed by atoms with van der Waals surface area (Å²) >= 11 is 5.82. The van der Waals surface area contributed by atoms with Crippen LogP contribution in [0.15, 0.2) is 34.1 Å². The maximum absolute atomic E-state index is 11.7. The van der Waals surface area contributed by atoms with Crippen LogP contribution in [0.25, 0.3) is 10.8 Å². The fourth-order valence-corrected chi connectivity index (χ4v) is 4.33. The molecule has 3 aromatic rings. The molecule has 0 bridgehead atoms. The van der Waals surface area contributed by atoms with E-state index < -0.39 is 51.6 Å². The van der Waals surface area contributed by atoms with Gasteiger partial charge in [-0.25, -0.2) is 0 Å². The summed E-state index contributed by atoms with van der Waals surface area (Å²) in [6, 6.07) is 3.30. The molecule has 6 N–H and O–H groups in total. The molecule has 184 valence electrons. The highest BCUT2D eigenvalue weighted by Gasteiger charge is 2.20. The summed E-state index contributed by atoms with van der Waals surface area (Å²) in [6.45, 7) is -0.307. The number of anilines is 3. The number of fused-ring (bicyclic) bond motifs is 1. The number of nitrogens with zero attached hydrogens (tertiary/aromatic N) is 3. The van der Waals surface area contributed by atoms with Gasteiger partial charge >= 0.3 is 0 Å². The second-order valence-electron chi connectivity index (χ2n) is 6.55. The fourth-order valence-electron chi connectivity index (χ4n) is 2.73. The number of nitrogens with one attached hydrogen (secondary N) is 2. The molecule has 0 saturated carbocycles. The molecule has 0 aliphatic heterocycles. The van der Waals surface area contributed by atoms with E-state index in [0.29, 0.717) is 6.07 Å². The molecule has 0 radical (unpaired) electrons. The SMILES string of the molecule is O=S(=O)(O)CCNc1nc(Cl)nc(Nc2cc(S(=O)(=O)O)cc3cc(S(=O)(=O)O)cc(O)c23)n1. The van der Waals surface area contributed by atoms with Crippen LogP contribution >= 0.6 is 11.6 Å². The highest BCUT2D eigenvalue weighted by Crippen LogP contribution is 2.37. The van der Waals surface area contributed by atoms with Gasteiger partial charge in [-0.3, -0.25) is 13.7 Å². The molecule has 0 spiro atoms. The minimum atomic E-state index is -4.82. The first-order valence-corrected chi connectivity index (χ1v) is 13.5. The van der Waals surface area contributed by atoms with E-state index in [1.807, 2.05) is 0 Å². The van der Waals surface area contributed by atoms with Gasteiger partial charge in [0.2, 0.25) is 17.2 Å². The van der Waals surface area contributed by atoms with Crippen LogP contribution in [0.5, 0.6) is 5.75 Å². The Balaban J connectivity index is 2.12. The van der Waals surface area contributed by atoms with E-state index in [4.69, 9.17) is 16.2 Å². The highest BCUT2D eigenvalue weighted by atomic mass is 35.5. The maximum atomic E-state index is 11.7. The van der Waals surface area contributed by atoms with Crippen molar-refractivity contribution in [1.29, 1.82) is 0 Å². The lowest BCUT2D eigenvalue weighted by molar-refractivity contribution is 0.471. The van der Waals surface area contributed by atoms with Gasteiger partial charge in [0.05, 0.1) is 21.2 Å². The maximum Gasteiger partial charge on any atom is 0.294 e. The van der Waals surface area contributed by atoms with Crippen molar-refractivity contribution in [3.05, 3.63) is 29.5 Å². The topological polar surface area (TPSA) is 246 Å². The summed E-state index contributed by atoms with van der Waals surface area (Å²) in [5, 5.41) is 14.6. The molecule has 0 saturated heterocycles. The molecule has 0 amide bonds. The Morgan fingerprint density at radius 2 is 1.38 bits per heavy atom. The van der Waals surface area contributed by atoms with Crippen LogP contribution in [0.4, 0.5) is 17.6 Å². The summed E-state index contributed by atoms with van der Waals surface area (Å²) in [7, 11) is -13.9. The van der Waals surface area contributed by atoms with E-state index >= 15 is 0 Å². The molecule has 0 aliphatic rings. The van der Waals surface area contributed by atoms with Gasteiger partial charge < -0.3 is 15.7 Å². The van der Waals surface area contributed by atoms with Gasteiger partial charge in [0, 0.05) is 18.0 Å². The van der Waals surface area contributed by atoms with Crippen molar-refractivity contribution in [3.8, 4) is 5.75 Å². The monoisotopic (exact) mass is 555 g/mol. The number of benzene rings is 2. The number of hydrogen-bond acceptors (Lipinski definition) is 12. The molecule has 1 heterocycles. The minimum absolute atomic E-state index is 0.141. The van der Waals surface area contributed by atoms with Crippen molar-refractivity contribution >= 4 is 70.3 Å². The van der Waals surface area contributed by atoms with E-state index in [1.165, 1.54) is 0 Å². The summed E-state index contributed by atoms with van der Waals surface area (Å²) < 4.78 is 95.5. The Hall–Kier alpha value is -2.87. The van der Waals surface area contributed by atoms with Gasteiger partial charge in [-0.05, 0) is 35.2 Å². The molecule has 19 heteroatoms. The number of aromatic nitrogens is 3. The smallest absolute Gasteiger partial charge is 0.294 e. The average Bonchev–Trinajstić information content (AvgIpc) is 2.64. The molecule has 0 atom stereocenters. The number of hydrogen-bond donors (Lipinski definition) is 6. The molecular weight excluding hydrogens is 542 g/mol. The number of phenols is 1. The number of halogens is 1. The molecule has 0 fully saturated rings. The van der Waals surface area contributed by atoms with Crippen LogP contribution in [0.1, 0.15) is 0 Å². The normalized spacial score (nSPS) is 12.6. The number of phenolic OH excluding ortho intramolecular Hbond substituents is 1. The third-order valence-corrected chi connectivity index (χ3v) is 6.62. The van der Waals surface area contributed by atoms with Gasteiger partial charge in [-0.15, -0.1) is 0 Å². The van der Waals surface area contributed by atoms with Crippen LogP contribution in [-0.2, 0) is 30.4 Å². The predicted octanol–water partition coefficient (Wildman–Crippen LogP) is 0.920. The molecule has 0 unspecified atom stereocenters. The zero-order valence-corrected chi connectivity index (χ0v) is 19.6. The summed E-state index contributed by atoms with van der Waals surface area (Å²) in [4.78, 5) is 9.92. The number of rotatable bonds is 8. The number of aromatic hydroxyl groups is 1. The van der Waals surface area contributed by atoms with Crippen molar-refractivity contribution in [2.45, 2.75) is 9.79 Å². The van der Waals surface area contributed by atoms with E-state index in [2.05, 4.69) is 25.6 Å². The van der Waals surface area contributed by atoms with Gasteiger partial charge in [0.1, 0.15) is 5.75 Å². The highest BCUT2D eigenvalue weighted by molar-refractivity contribution is 7.86. The first kappa shape index (κ1) is 25.7. The molecule has 15 nitrogen and oxygen atoms in total. The van der Waals surface area contributed by atoms with E-state index in [-0.39, 0.29) is 40.2 Å². The first-order valence-electron chi connectivity index (χ1n) is 8.66. The van der Waals surface area contributed by atoms with Crippen LogP contribution in [0, 0.1) is 0 Å². The van der Waals surface area contributed by atoms with Crippen LogP contribution in [-0.4, -0.2) is 71.3 Å². The van der Waals surface area contributed by atoms with Crippen LogP contribution in [0.3, 0.4) is 0 Å². The molecule has 1 aromatic heterocycles. The Kier molecular flexibility index (Phi) is 6.86. The van der Waals surface area contributed by atoms with Crippen molar-refractivity contribution in [2.75, 3.05) is 22.9 Å². The van der Waals surface area contributed by atoms with E-state index in [1.54, 1.807) is 0 Å². The third kappa shape index (κ3) is 6.38. The lowest BCUT2D eigenvalue weighted by Gasteiger charge is -2.13. The minimum Gasteiger partial charge on any atom is -0.507 e. The Bertz CT molecular complexity index is 1610. The van der Waals surface area contributed by atoms with Gasteiger partial charge in [-0.1, -0.05) is 0 Å². The van der Waals surface area contributed by atoms with Crippen LogP contribution < -0.4 is 10.6 Å². The second kappa shape index (κ2) is 9.06. The summed E-state index contributed by atoms with van der Waals surface area (Å²) in [5.41, 5.74) is -0.226. The Labute approximate surface area is 197 Å². The summed E-state index contributed by atoms with van der Waals surface area (Å²) in [5.74, 6) is -1.94. The largest absolute Gasteiger partial charge is 0.507 e. The van der Waals surface area contributed by atoms with Gasteiger partial charge in [0.15, 0.2) is 0 Å². The summed E-state index contributed by atoms with van der Waals surface area (Å²) in [6.07, 6.45) is 0. The lowest BCUT2D eigenvalue weighted by atomic mass is 10.1. The molecule has 0 aliphatic carbocycles. The van der Waals surface area contributed by atoms with Crippen molar-refractivity contribution in [2.24, 2.45) is 0 Å².